The maximum absolute atomic E-state index is 13.2. The molecule has 0 spiro atoms. The molecule has 0 N–H and O–H groups in total. The van der Waals surface area contributed by atoms with Crippen LogP contribution in [0.25, 0.3) is 11.3 Å². The summed E-state index contributed by atoms with van der Waals surface area (Å²) in [6.07, 6.45) is 5.55. The van der Waals surface area contributed by atoms with E-state index in [4.69, 9.17) is 5.26 Å². The molecule has 34 heavy (non-hydrogen) atoms. The van der Waals surface area contributed by atoms with Crippen LogP contribution in [0, 0.1) is 17.2 Å². The highest BCUT2D eigenvalue weighted by molar-refractivity contribution is 5.85. The van der Waals surface area contributed by atoms with Gasteiger partial charge in [-0.05, 0) is 42.7 Å². The number of imidazole rings is 1. The van der Waals surface area contributed by atoms with Crippen LogP contribution in [-0.2, 0) is 9.59 Å². The molecule has 2 aliphatic heterocycles. The highest BCUT2D eigenvalue weighted by Gasteiger charge is 2.33. The van der Waals surface area contributed by atoms with Crippen molar-refractivity contribution in [2.24, 2.45) is 5.92 Å². The van der Waals surface area contributed by atoms with Crippen LogP contribution in [-0.4, -0.2) is 52.8 Å². The number of amides is 1. The van der Waals surface area contributed by atoms with Crippen molar-refractivity contribution in [1.29, 1.82) is 5.26 Å². The quantitative estimate of drug-likeness (QED) is 0.569. The summed E-state index contributed by atoms with van der Waals surface area (Å²) in [4.78, 5) is 34.1. The summed E-state index contributed by atoms with van der Waals surface area (Å²) in [5, 5.41) is 8.95. The van der Waals surface area contributed by atoms with Gasteiger partial charge in [0, 0.05) is 43.7 Å². The summed E-state index contributed by atoms with van der Waals surface area (Å²) in [5.74, 6) is 0.314. The van der Waals surface area contributed by atoms with Crippen molar-refractivity contribution in [3.05, 3.63) is 72.2 Å². The van der Waals surface area contributed by atoms with Crippen molar-refractivity contribution in [1.82, 2.24) is 14.5 Å². The second-order valence-electron chi connectivity index (χ2n) is 9.13. The van der Waals surface area contributed by atoms with E-state index in [1.165, 1.54) is 5.56 Å². The number of nitrogens with zero attached hydrogens (tertiary/aromatic N) is 5. The number of nitriles is 1. The van der Waals surface area contributed by atoms with Gasteiger partial charge in [-0.1, -0.05) is 24.3 Å². The number of Topliss-reactive ketones (excluding diaryl/α,β-unsaturated/α-hetero) is 1. The SMILES string of the molecule is CN(CC(=O)N1CCC(C(=O)CC2c3ccccc3-c3cncn32)CC1)c1ccc(C#N)cc1. The second-order valence-corrected chi connectivity index (χ2v) is 9.13. The molecule has 1 fully saturated rings. The number of benzene rings is 2. The summed E-state index contributed by atoms with van der Waals surface area (Å²) in [6.45, 7) is 1.48. The first-order valence-electron chi connectivity index (χ1n) is 11.7. The Balaban J connectivity index is 1.16. The van der Waals surface area contributed by atoms with E-state index in [0.29, 0.717) is 37.9 Å². The van der Waals surface area contributed by atoms with Gasteiger partial charge in [0.1, 0.15) is 5.78 Å². The van der Waals surface area contributed by atoms with Gasteiger partial charge in [0.15, 0.2) is 0 Å². The third-order valence-corrected chi connectivity index (χ3v) is 7.10. The molecule has 0 aliphatic carbocycles. The Morgan fingerprint density at radius 2 is 1.85 bits per heavy atom. The maximum atomic E-state index is 13.2. The van der Waals surface area contributed by atoms with Crippen LogP contribution < -0.4 is 4.90 Å². The topological polar surface area (TPSA) is 82.2 Å². The summed E-state index contributed by atoms with van der Waals surface area (Å²) in [7, 11) is 1.87. The molecule has 1 atom stereocenters. The Kier molecular flexibility index (Phi) is 5.89. The number of piperidine rings is 1. The largest absolute Gasteiger partial charge is 0.365 e. The summed E-state index contributed by atoms with van der Waals surface area (Å²) in [6, 6.07) is 17.5. The van der Waals surface area contributed by atoms with Crippen LogP contribution in [0.5, 0.6) is 0 Å². The lowest BCUT2D eigenvalue weighted by molar-refractivity contribution is -0.134. The Morgan fingerprint density at radius 3 is 2.59 bits per heavy atom. The number of carbonyl (C=O) groups excluding carboxylic acids is 2. The number of hydrogen-bond acceptors (Lipinski definition) is 5. The lowest BCUT2D eigenvalue weighted by atomic mass is 9.87. The number of anilines is 1. The zero-order chi connectivity index (χ0) is 23.7. The van der Waals surface area contributed by atoms with Gasteiger partial charge in [0.05, 0.1) is 42.4 Å². The standard InChI is InChI=1S/C27H27N5O2/c1-30(21-8-6-19(15-28)7-9-21)17-27(34)31-12-10-20(11-13-31)26(33)14-24-22-4-2-3-5-23(22)25-16-29-18-32(24)25/h2-9,16,18,20,24H,10-14,17H2,1H3. The zero-order valence-corrected chi connectivity index (χ0v) is 19.2. The minimum Gasteiger partial charge on any atom is -0.365 e. The minimum atomic E-state index is -0.0139. The smallest absolute Gasteiger partial charge is 0.242 e. The van der Waals surface area contributed by atoms with Crippen LogP contribution in [0.1, 0.15) is 36.4 Å². The van der Waals surface area contributed by atoms with E-state index in [1.807, 2.05) is 53.6 Å². The van der Waals surface area contributed by atoms with E-state index in [2.05, 4.69) is 27.8 Å². The first-order valence-corrected chi connectivity index (χ1v) is 11.7. The van der Waals surface area contributed by atoms with Crippen molar-refractivity contribution in [2.75, 3.05) is 31.6 Å². The number of likely N-dealkylation sites (tertiary alicyclic amines) is 1. The molecular weight excluding hydrogens is 426 g/mol. The van der Waals surface area contributed by atoms with E-state index in [0.717, 1.165) is 16.9 Å². The molecule has 3 aromatic rings. The molecule has 1 amide bonds. The lowest BCUT2D eigenvalue weighted by Crippen LogP contribution is -2.44. The van der Waals surface area contributed by atoms with Gasteiger partial charge in [-0.3, -0.25) is 9.59 Å². The lowest BCUT2D eigenvalue weighted by Gasteiger charge is -2.33. The number of carbonyl (C=O) groups is 2. The van der Waals surface area contributed by atoms with Gasteiger partial charge in [-0.2, -0.15) is 5.26 Å². The normalized spacial score (nSPS) is 17.1. The third-order valence-electron chi connectivity index (χ3n) is 7.10. The fourth-order valence-corrected chi connectivity index (χ4v) is 5.13. The molecule has 7 heteroatoms. The summed E-state index contributed by atoms with van der Waals surface area (Å²) < 4.78 is 2.11. The molecule has 172 valence electrons. The van der Waals surface area contributed by atoms with E-state index >= 15 is 0 Å². The summed E-state index contributed by atoms with van der Waals surface area (Å²) >= 11 is 0. The first kappa shape index (κ1) is 21.9. The van der Waals surface area contributed by atoms with Gasteiger partial charge in [-0.25, -0.2) is 4.98 Å². The van der Waals surface area contributed by atoms with Gasteiger partial charge in [-0.15, -0.1) is 0 Å². The Hall–Kier alpha value is -3.92. The van der Waals surface area contributed by atoms with E-state index in [1.54, 1.807) is 12.1 Å². The molecule has 0 saturated carbocycles. The van der Waals surface area contributed by atoms with Gasteiger partial charge in [0.25, 0.3) is 0 Å². The third kappa shape index (κ3) is 4.08. The fraction of sp³-hybridized carbons (Fsp3) is 0.333. The number of fused-ring (bicyclic) bond motifs is 3. The highest BCUT2D eigenvalue weighted by atomic mass is 16.2. The van der Waals surface area contributed by atoms with E-state index < -0.39 is 0 Å². The van der Waals surface area contributed by atoms with Crippen molar-refractivity contribution in [2.45, 2.75) is 25.3 Å². The number of ketones is 1. The molecule has 7 nitrogen and oxygen atoms in total. The fourth-order valence-electron chi connectivity index (χ4n) is 5.13. The van der Waals surface area contributed by atoms with Crippen LogP contribution in [0.15, 0.2) is 61.1 Å². The van der Waals surface area contributed by atoms with E-state index in [-0.39, 0.29) is 30.2 Å². The van der Waals surface area contributed by atoms with Crippen molar-refractivity contribution < 1.29 is 9.59 Å². The minimum absolute atomic E-state index is 0.00179. The maximum Gasteiger partial charge on any atom is 0.242 e. The first-order chi connectivity index (χ1) is 16.5. The molecular formula is C27H27N5O2. The molecule has 1 aromatic heterocycles. The van der Waals surface area contributed by atoms with Crippen molar-refractivity contribution in [3.63, 3.8) is 0 Å². The molecule has 0 bridgehead atoms. The molecule has 3 heterocycles. The number of hydrogen-bond donors (Lipinski definition) is 0. The van der Waals surface area contributed by atoms with Crippen LogP contribution in [0.4, 0.5) is 5.69 Å². The number of rotatable bonds is 6. The number of aromatic nitrogens is 2. The Morgan fingerprint density at radius 1 is 1.12 bits per heavy atom. The predicted molar refractivity (Wildman–Crippen MR) is 129 cm³/mol. The number of likely N-dealkylation sites (N-methyl/N-ethyl adjacent to an activating group) is 1. The van der Waals surface area contributed by atoms with Crippen LogP contribution in [0.2, 0.25) is 0 Å². The van der Waals surface area contributed by atoms with Crippen molar-refractivity contribution in [3.8, 4) is 17.3 Å². The summed E-state index contributed by atoms with van der Waals surface area (Å²) in [5.41, 5.74) is 4.91. The molecule has 2 aromatic carbocycles. The molecule has 5 rings (SSSR count). The predicted octanol–water partition coefficient (Wildman–Crippen LogP) is 3.66. The average molecular weight is 454 g/mol. The molecule has 0 radical (unpaired) electrons. The average Bonchev–Trinajstić information content (AvgIpc) is 3.46. The Bertz CT molecular complexity index is 1250. The monoisotopic (exact) mass is 453 g/mol. The molecule has 1 unspecified atom stereocenters. The zero-order valence-electron chi connectivity index (χ0n) is 19.2. The van der Waals surface area contributed by atoms with Crippen LogP contribution >= 0.6 is 0 Å². The van der Waals surface area contributed by atoms with E-state index in [9.17, 15) is 9.59 Å². The van der Waals surface area contributed by atoms with Crippen molar-refractivity contribution >= 4 is 17.4 Å². The van der Waals surface area contributed by atoms with Gasteiger partial charge < -0.3 is 14.4 Å². The second kappa shape index (κ2) is 9.14. The van der Waals surface area contributed by atoms with Crippen LogP contribution in [0.3, 0.4) is 0 Å². The molecule has 1 saturated heterocycles. The Labute approximate surface area is 199 Å². The molecule has 2 aliphatic rings. The van der Waals surface area contributed by atoms with Gasteiger partial charge >= 0.3 is 0 Å². The highest BCUT2D eigenvalue weighted by Crippen LogP contribution is 2.41. The van der Waals surface area contributed by atoms with Gasteiger partial charge in [0.2, 0.25) is 5.91 Å².